The highest BCUT2D eigenvalue weighted by molar-refractivity contribution is 7.98. The number of hydrogen-bond donors (Lipinski definition) is 7. The third kappa shape index (κ3) is 12.1. The van der Waals surface area contributed by atoms with E-state index in [1.807, 2.05) is 6.26 Å². The molecule has 0 saturated heterocycles. The first-order valence-electron chi connectivity index (χ1n) is 9.83. The van der Waals surface area contributed by atoms with E-state index in [4.69, 9.17) is 11.5 Å². The fourth-order valence-electron chi connectivity index (χ4n) is 2.44. The fourth-order valence-corrected chi connectivity index (χ4v) is 3.40. The predicted molar refractivity (Wildman–Crippen MR) is 123 cm³/mol. The summed E-state index contributed by atoms with van der Waals surface area (Å²) in [5, 5.41) is 25.7. The maximum Gasteiger partial charge on any atom is 0.326 e. The van der Waals surface area contributed by atoms with Crippen LogP contribution in [-0.2, 0) is 24.0 Å². The second-order valence-corrected chi connectivity index (χ2v) is 8.85. The number of nitrogens with two attached hydrogens (primary N) is 2. The Morgan fingerprint density at radius 3 is 1.81 bits per heavy atom. The van der Waals surface area contributed by atoms with Crippen molar-refractivity contribution < 1.29 is 34.2 Å². The van der Waals surface area contributed by atoms with E-state index in [0.717, 1.165) is 0 Å². The molecule has 0 aromatic heterocycles. The Kier molecular flexibility index (Phi) is 15.5. The molecule has 0 aromatic rings. The van der Waals surface area contributed by atoms with Gasteiger partial charge in [-0.1, -0.05) is 0 Å². The van der Waals surface area contributed by atoms with E-state index in [1.165, 1.54) is 23.5 Å². The largest absolute Gasteiger partial charge is 0.480 e. The van der Waals surface area contributed by atoms with Gasteiger partial charge in [0, 0.05) is 6.42 Å². The molecule has 0 bridgehead atoms. The first-order chi connectivity index (χ1) is 15.1. The van der Waals surface area contributed by atoms with Crippen LogP contribution in [0.2, 0.25) is 0 Å². The number of carbonyl (C=O) groups is 5. The third-order valence-electron chi connectivity index (χ3n) is 4.32. The van der Waals surface area contributed by atoms with Gasteiger partial charge in [-0.15, -0.1) is 0 Å². The van der Waals surface area contributed by atoms with Crippen LogP contribution in [0.3, 0.4) is 0 Å². The average molecular weight is 496 g/mol. The molecule has 0 aliphatic heterocycles. The maximum atomic E-state index is 12.7. The zero-order valence-corrected chi connectivity index (χ0v) is 19.8. The molecule has 0 aromatic carbocycles. The number of aliphatic hydroxyl groups is 1. The summed E-state index contributed by atoms with van der Waals surface area (Å²) in [5.41, 5.74) is 10.9. The molecule has 0 aliphatic carbocycles. The number of aliphatic carboxylic acids is 1. The highest BCUT2D eigenvalue weighted by Crippen LogP contribution is 2.04. The molecule has 4 atom stereocenters. The lowest BCUT2D eigenvalue weighted by Gasteiger charge is -2.24. The van der Waals surface area contributed by atoms with Crippen LogP contribution in [0.1, 0.15) is 25.7 Å². The number of thioether (sulfide) groups is 2. The molecule has 0 aliphatic rings. The molecule has 0 fully saturated rings. The number of primary amides is 1. The zero-order valence-electron chi connectivity index (χ0n) is 18.2. The SMILES string of the molecule is CSCCC(N)C(=O)NC(CCC(N)=O)C(=O)NC(CO)C(=O)NC(CCSC)C(=O)O. The zero-order chi connectivity index (χ0) is 24.7. The Morgan fingerprint density at radius 1 is 0.812 bits per heavy atom. The van der Waals surface area contributed by atoms with Gasteiger partial charge in [-0.05, 0) is 43.3 Å². The normalized spacial score (nSPS) is 14.5. The van der Waals surface area contributed by atoms with E-state index in [2.05, 4.69) is 16.0 Å². The van der Waals surface area contributed by atoms with Crippen LogP contribution >= 0.6 is 23.5 Å². The van der Waals surface area contributed by atoms with Crippen molar-refractivity contribution in [1.29, 1.82) is 0 Å². The van der Waals surface area contributed by atoms with Gasteiger partial charge in [0.1, 0.15) is 18.1 Å². The Bertz CT molecular complexity index is 653. The van der Waals surface area contributed by atoms with Gasteiger partial charge in [0.05, 0.1) is 12.6 Å². The van der Waals surface area contributed by atoms with Crippen LogP contribution < -0.4 is 27.4 Å². The van der Waals surface area contributed by atoms with E-state index < -0.39 is 60.4 Å². The van der Waals surface area contributed by atoms with Crippen molar-refractivity contribution in [3.8, 4) is 0 Å². The van der Waals surface area contributed by atoms with E-state index in [0.29, 0.717) is 17.9 Å². The van der Waals surface area contributed by atoms with Crippen molar-refractivity contribution in [3.63, 3.8) is 0 Å². The molecule has 4 unspecified atom stereocenters. The monoisotopic (exact) mass is 495 g/mol. The molecule has 9 N–H and O–H groups in total. The van der Waals surface area contributed by atoms with Crippen LogP contribution in [0.5, 0.6) is 0 Å². The standard InChI is InChI=1S/C18H33N5O7S2/c1-31-7-5-10(19)15(26)21-11(3-4-14(20)25)16(27)23-13(9-24)17(28)22-12(18(29)30)6-8-32-2/h10-13,24H,3-9,19H2,1-2H3,(H2,20,25)(H,21,26)(H,22,28)(H,23,27)(H,29,30). The van der Waals surface area contributed by atoms with E-state index in [-0.39, 0.29) is 19.3 Å². The molecule has 0 radical (unpaired) electrons. The Balaban J connectivity index is 5.21. The number of amides is 4. The smallest absolute Gasteiger partial charge is 0.326 e. The number of aliphatic hydroxyl groups excluding tert-OH is 1. The number of nitrogens with one attached hydrogen (secondary N) is 3. The minimum Gasteiger partial charge on any atom is -0.480 e. The number of rotatable bonds is 17. The van der Waals surface area contributed by atoms with Crippen molar-refractivity contribution in [2.24, 2.45) is 11.5 Å². The molecule has 0 saturated carbocycles. The molecule has 12 nitrogen and oxygen atoms in total. The van der Waals surface area contributed by atoms with Gasteiger partial charge in [-0.25, -0.2) is 4.79 Å². The van der Waals surface area contributed by atoms with Gasteiger partial charge in [-0.3, -0.25) is 19.2 Å². The van der Waals surface area contributed by atoms with E-state index >= 15 is 0 Å². The van der Waals surface area contributed by atoms with Gasteiger partial charge in [-0.2, -0.15) is 23.5 Å². The Morgan fingerprint density at radius 2 is 1.31 bits per heavy atom. The van der Waals surface area contributed by atoms with Crippen molar-refractivity contribution in [1.82, 2.24) is 16.0 Å². The number of carboxylic acid groups (broad SMARTS) is 1. The average Bonchev–Trinajstić information content (AvgIpc) is 2.74. The summed E-state index contributed by atoms with van der Waals surface area (Å²) in [6.07, 6.45) is 3.79. The first kappa shape index (κ1) is 30.0. The summed E-state index contributed by atoms with van der Waals surface area (Å²) in [6, 6.07) is -4.77. The molecule has 0 spiro atoms. The summed E-state index contributed by atoms with van der Waals surface area (Å²) in [6.45, 7) is -0.809. The molecule has 32 heavy (non-hydrogen) atoms. The Hall–Kier alpha value is -2.03. The van der Waals surface area contributed by atoms with Crippen LogP contribution in [0.25, 0.3) is 0 Å². The predicted octanol–water partition coefficient (Wildman–Crippen LogP) is -2.38. The molecule has 0 heterocycles. The minimum absolute atomic E-state index is 0.145. The van der Waals surface area contributed by atoms with Crippen molar-refractivity contribution in [2.75, 3.05) is 30.6 Å². The summed E-state index contributed by atoms with van der Waals surface area (Å²) in [4.78, 5) is 59.8. The van der Waals surface area contributed by atoms with Crippen molar-refractivity contribution in [2.45, 2.75) is 49.9 Å². The van der Waals surface area contributed by atoms with Crippen LogP contribution in [0, 0.1) is 0 Å². The van der Waals surface area contributed by atoms with Crippen LogP contribution in [0.4, 0.5) is 0 Å². The lowest BCUT2D eigenvalue weighted by atomic mass is 10.1. The maximum absolute atomic E-state index is 12.7. The van der Waals surface area contributed by atoms with Crippen LogP contribution in [0.15, 0.2) is 0 Å². The second kappa shape index (κ2) is 16.6. The quantitative estimate of drug-likeness (QED) is 0.114. The van der Waals surface area contributed by atoms with E-state index in [1.54, 1.807) is 6.26 Å². The molecule has 14 heteroatoms. The minimum atomic E-state index is -1.46. The molecular formula is C18H33N5O7S2. The molecule has 0 rings (SSSR count). The fraction of sp³-hybridized carbons (Fsp3) is 0.722. The van der Waals surface area contributed by atoms with Gasteiger partial charge < -0.3 is 37.6 Å². The lowest BCUT2D eigenvalue weighted by Crippen LogP contribution is -2.58. The highest BCUT2D eigenvalue weighted by Gasteiger charge is 2.30. The van der Waals surface area contributed by atoms with Gasteiger partial charge in [0.15, 0.2) is 0 Å². The summed E-state index contributed by atoms with van der Waals surface area (Å²) in [5.74, 6) is -3.20. The summed E-state index contributed by atoms with van der Waals surface area (Å²) < 4.78 is 0. The topological polar surface area (TPSA) is 214 Å². The van der Waals surface area contributed by atoms with Crippen LogP contribution in [-0.4, -0.2) is 94.6 Å². The number of carboxylic acids is 1. The number of carbonyl (C=O) groups excluding carboxylic acids is 4. The molecule has 184 valence electrons. The summed E-state index contributed by atoms with van der Waals surface area (Å²) >= 11 is 2.90. The van der Waals surface area contributed by atoms with Crippen molar-refractivity contribution >= 4 is 53.1 Å². The van der Waals surface area contributed by atoms with Gasteiger partial charge >= 0.3 is 5.97 Å². The molecular weight excluding hydrogens is 462 g/mol. The van der Waals surface area contributed by atoms with Crippen molar-refractivity contribution in [3.05, 3.63) is 0 Å². The first-order valence-corrected chi connectivity index (χ1v) is 12.6. The van der Waals surface area contributed by atoms with Gasteiger partial charge in [0.25, 0.3) is 0 Å². The highest BCUT2D eigenvalue weighted by atomic mass is 32.2. The second-order valence-electron chi connectivity index (χ2n) is 6.88. The van der Waals surface area contributed by atoms with Gasteiger partial charge in [0.2, 0.25) is 23.6 Å². The molecule has 4 amide bonds. The van der Waals surface area contributed by atoms with E-state index in [9.17, 15) is 34.2 Å². The lowest BCUT2D eigenvalue weighted by molar-refractivity contribution is -0.142. The summed E-state index contributed by atoms with van der Waals surface area (Å²) in [7, 11) is 0. The number of hydrogen-bond acceptors (Lipinski definition) is 9. The Labute approximate surface area is 195 Å². The third-order valence-corrected chi connectivity index (χ3v) is 5.61.